The number of carbonyl (C=O) groups is 1. The summed E-state index contributed by atoms with van der Waals surface area (Å²) >= 11 is 0. The molecule has 1 aromatic rings. The van der Waals surface area contributed by atoms with E-state index in [1.807, 2.05) is 17.7 Å². The zero-order valence-electron chi connectivity index (χ0n) is 10.5. The zero-order valence-corrected chi connectivity index (χ0v) is 10.5. The second kappa shape index (κ2) is 6.39. The van der Waals surface area contributed by atoms with E-state index in [-0.39, 0.29) is 18.4 Å². The first-order chi connectivity index (χ1) is 8.10. The minimum atomic E-state index is -0.817. The van der Waals surface area contributed by atoms with Crippen LogP contribution in [0.25, 0.3) is 0 Å². The van der Waals surface area contributed by atoms with Crippen molar-refractivity contribution in [2.75, 3.05) is 0 Å². The zero-order chi connectivity index (χ0) is 12.8. The van der Waals surface area contributed by atoms with E-state index in [9.17, 15) is 4.79 Å². The van der Waals surface area contributed by atoms with Gasteiger partial charge in [-0.05, 0) is 18.9 Å². The SMILES string of the molecule is CCCn1nccc1C(CC(=O)O)C(N)CC. The van der Waals surface area contributed by atoms with E-state index in [1.165, 1.54) is 0 Å². The van der Waals surface area contributed by atoms with E-state index >= 15 is 0 Å². The molecule has 3 N–H and O–H groups in total. The number of rotatable bonds is 7. The Balaban J connectivity index is 2.94. The highest BCUT2D eigenvalue weighted by Gasteiger charge is 2.24. The van der Waals surface area contributed by atoms with Crippen molar-refractivity contribution in [3.05, 3.63) is 18.0 Å². The third-order valence-electron chi connectivity index (χ3n) is 2.95. The van der Waals surface area contributed by atoms with Crippen molar-refractivity contribution in [1.82, 2.24) is 9.78 Å². The molecule has 17 heavy (non-hydrogen) atoms. The topological polar surface area (TPSA) is 81.1 Å². The molecule has 1 aromatic heterocycles. The standard InChI is InChI=1S/C12H21N3O2/c1-3-7-15-11(5-6-14-15)9(8-12(16)17)10(13)4-2/h5-6,9-10H,3-4,7-8,13H2,1-2H3,(H,16,17). The number of carboxylic acid groups (broad SMARTS) is 1. The molecule has 0 saturated carbocycles. The van der Waals surface area contributed by atoms with Crippen LogP contribution in [0.15, 0.2) is 12.3 Å². The average Bonchev–Trinajstić information content (AvgIpc) is 2.73. The highest BCUT2D eigenvalue weighted by molar-refractivity contribution is 5.68. The van der Waals surface area contributed by atoms with Gasteiger partial charge in [0, 0.05) is 30.4 Å². The molecule has 0 radical (unpaired) electrons. The first-order valence-corrected chi connectivity index (χ1v) is 6.09. The second-order valence-electron chi connectivity index (χ2n) is 4.26. The van der Waals surface area contributed by atoms with Gasteiger partial charge in [-0.15, -0.1) is 0 Å². The van der Waals surface area contributed by atoms with Crippen molar-refractivity contribution in [3.8, 4) is 0 Å². The molecule has 0 amide bonds. The number of hydrogen-bond donors (Lipinski definition) is 2. The molecule has 0 saturated heterocycles. The number of nitrogens with zero attached hydrogens (tertiary/aromatic N) is 2. The highest BCUT2D eigenvalue weighted by Crippen LogP contribution is 2.24. The predicted octanol–water partition coefficient (Wildman–Crippen LogP) is 1.59. The van der Waals surface area contributed by atoms with E-state index in [4.69, 9.17) is 10.8 Å². The number of aryl methyl sites for hydroxylation is 1. The molecule has 1 rings (SSSR count). The van der Waals surface area contributed by atoms with Crippen molar-refractivity contribution in [1.29, 1.82) is 0 Å². The molecular weight excluding hydrogens is 218 g/mol. The fourth-order valence-electron chi connectivity index (χ4n) is 2.00. The van der Waals surface area contributed by atoms with Gasteiger partial charge in [-0.25, -0.2) is 0 Å². The lowest BCUT2D eigenvalue weighted by Gasteiger charge is -2.22. The molecule has 5 nitrogen and oxygen atoms in total. The Morgan fingerprint density at radius 3 is 2.82 bits per heavy atom. The average molecular weight is 239 g/mol. The Bertz CT molecular complexity index is 362. The smallest absolute Gasteiger partial charge is 0.304 e. The molecule has 2 unspecified atom stereocenters. The van der Waals surface area contributed by atoms with Crippen LogP contribution < -0.4 is 5.73 Å². The number of hydrogen-bond acceptors (Lipinski definition) is 3. The van der Waals surface area contributed by atoms with Crippen LogP contribution in [0.4, 0.5) is 0 Å². The normalized spacial score (nSPS) is 14.5. The summed E-state index contributed by atoms with van der Waals surface area (Å²) in [6.07, 6.45) is 3.50. The maximum atomic E-state index is 10.9. The van der Waals surface area contributed by atoms with E-state index in [0.29, 0.717) is 0 Å². The van der Waals surface area contributed by atoms with Crippen LogP contribution in [0.5, 0.6) is 0 Å². The molecule has 0 aliphatic heterocycles. The lowest BCUT2D eigenvalue weighted by molar-refractivity contribution is -0.137. The maximum absolute atomic E-state index is 10.9. The number of aliphatic carboxylic acids is 1. The molecule has 0 bridgehead atoms. The molecule has 0 spiro atoms. The summed E-state index contributed by atoms with van der Waals surface area (Å²) in [5, 5.41) is 13.2. The van der Waals surface area contributed by atoms with E-state index in [0.717, 1.165) is 25.1 Å². The van der Waals surface area contributed by atoms with Crippen LogP contribution in [0.3, 0.4) is 0 Å². The molecule has 0 fully saturated rings. The fourth-order valence-corrected chi connectivity index (χ4v) is 2.00. The van der Waals surface area contributed by atoms with Gasteiger partial charge >= 0.3 is 5.97 Å². The van der Waals surface area contributed by atoms with Gasteiger partial charge in [0.2, 0.25) is 0 Å². The Kier molecular flexibility index (Phi) is 5.15. The van der Waals surface area contributed by atoms with Gasteiger partial charge in [0.25, 0.3) is 0 Å². The lowest BCUT2D eigenvalue weighted by atomic mass is 9.91. The summed E-state index contributed by atoms with van der Waals surface area (Å²) in [4.78, 5) is 10.9. The van der Waals surface area contributed by atoms with Crippen molar-refractivity contribution in [2.45, 2.75) is 51.6 Å². The van der Waals surface area contributed by atoms with Crippen LogP contribution in [0.2, 0.25) is 0 Å². The van der Waals surface area contributed by atoms with Gasteiger partial charge < -0.3 is 10.8 Å². The predicted molar refractivity (Wildman–Crippen MR) is 65.8 cm³/mol. The first kappa shape index (κ1) is 13.7. The van der Waals surface area contributed by atoms with Crippen LogP contribution in [-0.2, 0) is 11.3 Å². The molecule has 0 aliphatic rings. The first-order valence-electron chi connectivity index (χ1n) is 6.09. The van der Waals surface area contributed by atoms with Crippen LogP contribution in [0, 0.1) is 0 Å². The third-order valence-corrected chi connectivity index (χ3v) is 2.95. The number of carboxylic acids is 1. The maximum Gasteiger partial charge on any atom is 0.304 e. The number of nitrogens with two attached hydrogens (primary N) is 1. The summed E-state index contributed by atoms with van der Waals surface area (Å²) in [5.41, 5.74) is 6.95. The Morgan fingerprint density at radius 1 is 1.59 bits per heavy atom. The molecule has 5 heteroatoms. The lowest BCUT2D eigenvalue weighted by Crippen LogP contribution is -2.31. The molecular formula is C12H21N3O2. The van der Waals surface area contributed by atoms with Gasteiger partial charge in [0.15, 0.2) is 0 Å². The van der Waals surface area contributed by atoms with Crippen LogP contribution in [-0.4, -0.2) is 26.9 Å². The monoisotopic (exact) mass is 239 g/mol. The summed E-state index contributed by atoms with van der Waals surface area (Å²) < 4.78 is 1.86. The van der Waals surface area contributed by atoms with Gasteiger partial charge in [-0.2, -0.15) is 5.10 Å². The molecule has 1 heterocycles. The minimum Gasteiger partial charge on any atom is -0.481 e. The quantitative estimate of drug-likeness (QED) is 0.757. The second-order valence-corrected chi connectivity index (χ2v) is 4.26. The van der Waals surface area contributed by atoms with Gasteiger partial charge in [0.1, 0.15) is 0 Å². The van der Waals surface area contributed by atoms with Crippen molar-refractivity contribution in [2.24, 2.45) is 5.73 Å². The third kappa shape index (κ3) is 3.56. The van der Waals surface area contributed by atoms with Gasteiger partial charge in [-0.3, -0.25) is 9.48 Å². The minimum absolute atomic E-state index is 0.0599. The van der Waals surface area contributed by atoms with E-state index in [1.54, 1.807) is 6.20 Å². The molecule has 0 aromatic carbocycles. The Morgan fingerprint density at radius 2 is 2.29 bits per heavy atom. The van der Waals surface area contributed by atoms with Crippen molar-refractivity contribution in [3.63, 3.8) is 0 Å². The molecule has 0 aliphatic carbocycles. The van der Waals surface area contributed by atoms with Crippen molar-refractivity contribution >= 4 is 5.97 Å². The number of aromatic nitrogens is 2. The summed E-state index contributed by atoms with van der Waals surface area (Å²) in [6, 6.07) is 1.73. The van der Waals surface area contributed by atoms with Crippen LogP contribution >= 0.6 is 0 Å². The largest absolute Gasteiger partial charge is 0.481 e. The van der Waals surface area contributed by atoms with Crippen molar-refractivity contribution < 1.29 is 9.90 Å². The summed E-state index contributed by atoms with van der Waals surface area (Å²) in [7, 11) is 0. The van der Waals surface area contributed by atoms with E-state index < -0.39 is 5.97 Å². The summed E-state index contributed by atoms with van der Waals surface area (Å²) in [6.45, 7) is 4.84. The van der Waals surface area contributed by atoms with Gasteiger partial charge in [0.05, 0.1) is 6.42 Å². The van der Waals surface area contributed by atoms with E-state index in [2.05, 4.69) is 12.0 Å². The Labute approximate surface area is 102 Å². The molecule has 2 atom stereocenters. The fraction of sp³-hybridized carbons (Fsp3) is 0.667. The summed E-state index contributed by atoms with van der Waals surface area (Å²) in [5.74, 6) is -0.977. The van der Waals surface area contributed by atoms with Crippen LogP contribution in [0.1, 0.15) is 44.7 Å². The Hall–Kier alpha value is -1.36. The van der Waals surface area contributed by atoms with Gasteiger partial charge in [-0.1, -0.05) is 13.8 Å². The molecule has 96 valence electrons. The highest BCUT2D eigenvalue weighted by atomic mass is 16.4.